The van der Waals surface area contributed by atoms with Crippen LogP contribution in [0.1, 0.15) is 29.5 Å². The zero-order valence-electron chi connectivity index (χ0n) is 26.3. The van der Waals surface area contributed by atoms with E-state index in [4.69, 9.17) is 24.4 Å². The summed E-state index contributed by atoms with van der Waals surface area (Å²) >= 11 is 0. The number of ether oxygens (including phenoxy) is 3. The number of aromatic nitrogens is 1. The molecule has 0 unspecified atom stereocenters. The topological polar surface area (TPSA) is 173 Å². The van der Waals surface area contributed by atoms with Gasteiger partial charge in [0.1, 0.15) is 29.3 Å². The minimum atomic E-state index is -0.707. The highest BCUT2D eigenvalue weighted by Crippen LogP contribution is 2.41. The number of carbonyl (C=O) groups excluding carboxylic acids is 1. The molecule has 1 fully saturated rings. The molecule has 4 N–H and O–H groups in total. The second-order valence-corrected chi connectivity index (χ2v) is 11.0. The van der Waals surface area contributed by atoms with Gasteiger partial charge in [-0.3, -0.25) is 10.0 Å². The quantitative estimate of drug-likeness (QED) is 0.131. The van der Waals surface area contributed by atoms with E-state index in [1.165, 1.54) is 37.9 Å². The van der Waals surface area contributed by atoms with Gasteiger partial charge in [-0.2, -0.15) is 10.5 Å². The summed E-state index contributed by atoms with van der Waals surface area (Å²) < 4.78 is 30.9. The lowest BCUT2D eigenvalue weighted by Gasteiger charge is -2.34. The minimum Gasteiger partial charge on any atom is -0.504 e. The Morgan fingerprint density at radius 1 is 1.00 bits per heavy atom. The molecule has 1 aromatic heterocycles. The molecule has 2 heterocycles. The summed E-state index contributed by atoms with van der Waals surface area (Å²) in [6, 6.07) is 18.7. The van der Waals surface area contributed by atoms with Crippen molar-refractivity contribution in [3.05, 3.63) is 83.3 Å². The van der Waals surface area contributed by atoms with Crippen LogP contribution in [0.4, 0.5) is 10.2 Å². The van der Waals surface area contributed by atoms with Crippen molar-refractivity contribution < 1.29 is 33.7 Å². The van der Waals surface area contributed by atoms with Gasteiger partial charge >= 0.3 is 0 Å². The lowest BCUT2D eigenvalue weighted by atomic mass is 9.91. The van der Waals surface area contributed by atoms with Crippen molar-refractivity contribution in [1.29, 1.82) is 10.5 Å². The molecule has 0 atom stereocenters. The summed E-state index contributed by atoms with van der Waals surface area (Å²) in [6.07, 6.45) is 3.14. The Bertz CT molecular complexity index is 1900. The molecule has 0 bridgehead atoms. The number of nitrogens with zero attached hydrogens (tertiary/aromatic N) is 4. The van der Waals surface area contributed by atoms with Crippen LogP contribution in [0.5, 0.6) is 23.0 Å². The van der Waals surface area contributed by atoms with E-state index in [0.29, 0.717) is 59.2 Å². The third-order valence-corrected chi connectivity index (χ3v) is 8.14. The fourth-order valence-corrected chi connectivity index (χ4v) is 5.66. The van der Waals surface area contributed by atoms with Gasteiger partial charge in [-0.05, 0) is 65.9 Å². The number of nitriles is 2. The van der Waals surface area contributed by atoms with Gasteiger partial charge in [-0.25, -0.2) is 14.9 Å². The standard InChI is InChI=1S/C35H33FN6O6/c1-46-30-8-6-22(15-29(30)43)27-19-40-35(26(17-38)34(27)23-4-5-24(16-37)28(36)14-23)42-11-9-25(10-12-42)39-18-21-3-7-31(32(13-21)47-2)48-20-33(44)41-45/h3-8,13-15,19,25,39,43,45H,9-12,18,20H2,1-2H3,(H,41,44). The summed E-state index contributed by atoms with van der Waals surface area (Å²) in [5.74, 6) is 0.0845. The number of aromatic hydroxyl groups is 1. The molecule has 5 rings (SSSR count). The second kappa shape index (κ2) is 15.1. The molecular formula is C35H33FN6O6. The average molecular weight is 653 g/mol. The number of anilines is 1. The molecule has 0 radical (unpaired) electrons. The third kappa shape index (κ3) is 7.23. The molecule has 246 valence electrons. The third-order valence-electron chi connectivity index (χ3n) is 8.14. The molecule has 1 saturated heterocycles. The Morgan fingerprint density at radius 3 is 2.38 bits per heavy atom. The van der Waals surface area contributed by atoms with Crippen molar-refractivity contribution in [1.82, 2.24) is 15.8 Å². The van der Waals surface area contributed by atoms with E-state index < -0.39 is 11.7 Å². The minimum absolute atomic E-state index is 0.0982. The van der Waals surface area contributed by atoms with E-state index in [0.717, 1.165) is 18.4 Å². The lowest BCUT2D eigenvalue weighted by molar-refractivity contribution is -0.131. The van der Waals surface area contributed by atoms with Gasteiger partial charge in [0.25, 0.3) is 5.91 Å². The predicted octanol–water partition coefficient (Wildman–Crippen LogP) is 4.66. The summed E-state index contributed by atoms with van der Waals surface area (Å²) in [5.41, 5.74) is 4.51. The molecule has 1 aliphatic heterocycles. The van der Waals surface area contributed by atoms with Gasteiger partial charge < -0.3 is 29.5 Å². The Labute approximate surface area is 276 Å². The number of halogens is 1. The van der Waals surface area contributed by atoms with Gasteiger partial charge in [0.05, 0.1) is 19.8 Å². The molecule has 48 heavy (non-hydrogen) atoms. The number of pyridine rings is 1. The zero-order chi connectivity index (χ0) is 34.2. The van der Waals surface area contributed by atoms with Crippen LogP contribution in [-0.2, 0) is 11.3 Å². The molecule has 0 spiro atoms. The maximum Gasteiger partial charge on any atom is 0.281 e. The number of hydrogen-bond acceptors (Lipinski definition) is 11. The number of hydroxylamine groups is 1. The van der Waals surface area contributed by atoms with Gasteiger partial charge in [0, 0.05) is 43.0 Å². The van der Waals surface area contributed by atoms with Crippen LogP contribution in [0.15, 0.2) is 60.8 Å². The van der Waals surface area contributed by atoms with Gasteiger partial charge in [-0.1, -0.05) is 18.2 Å². The van der Waals surface area contributed by atoms with Crippen LogP contribution in [0.3, 0.4) is 0 Å². The number of piperidine rings is 1. The molecule has 0 saturated carbocycles. The number of phenolic OH excluding ortho intramolecular Hbond substituents is 1. The fourth-order valence-electron chi connectivity index (χ4n) is 5.66. The largest absolute Gasteiger partial charge is 0.504 e. The summed E-state index contributed by atoms with van der Waals surface area (Å²) in [6.45, 7) is 1.40. The van der Waals surface area contributed by atoms with Crippen LogP contribution >= 0.6 is 0 Å². The molecular weight excluding hydrogens is 619 g/mol. The summed E-state index contributed by atoms with van der Waals surface area (Å²) in [7, 11) is 2.94. The van der Waals surface area contributed by atoms with Crippen molar-refractivity contribution in [2.24, 2.45) is 0 Å². The second-order valence-electron chi connectivity index (χ2n) is 11.0. The fraction of sp³-hybridized carbons (Fsp3) is 0.257. The van der Waals surface area contributed by atoms with Gasteiger partial charge in [-0.15, -0.1) is 0 Å². The Morgan fingerprint density at radius 2 is 1.73 bits per heavy atom. The van der Waals surface area contributed by atoms with Crippen molar-refractivity contribution in [2.75, 3.05) is 38.8 Å². The first-order valence-corrected chi connectivity index (χ1v) is 15.0. The highest BCUT2D eigenvalue weighted by molar-refractivity contribution is 5.90. The van der Waals surface area contributed by atoms with E-state index in [1.54, 1.807) is 30.5 Å². The van der Waals surface area contributed by atoms with Crippen molar-refractivity contribution in [3.8, 4) is 57.4 Å². The van der Waals surface area contributed by atoms with E-state index in [1.807, 2.05) is 23.1 Å². The van der Waals surface area contributed by atoms with Crippen LogP contribution in [0.2, 0.25) is 0 Å². The number of rotatable bonds is 11. The highest BCUT2D eigenvalue weighted by Gasteiger charge is 2.26. The number of hydrogen-bond donors (Lipinski definition) is 4. The molecule has 12 nitrogen and oxygen atoms in total. The van der Waals surface area contributed by atoms with E-state index in [2.05, 4.69) is 11.4 Å². The lowest BCUT2D eigenvalue weighted by Crippen LogP contribution is -2.42. The Balaban J connectivity index is 1.36. The first kappa shape index (κ1) is 33.5. The zero-order valence-corrected chi connectivity index (χ0v) is 26.3. The van der Waals surface area contributed by atoms with Crippen LogP contribution in [0, 0.1) is 28.5 Å². The van der Waals surface area contributed by atoms with Crippen LogP contribution < -0.4 is 29.9 Å². The highest BCUT2D eigenvalue weighted by atomic mass is 19.1. The SMILES string of the molecule is COc1ccc(-c2cnc(N3CCC(NCc4ccc(OCC(=O)NO)c(OC)c4)CC3)c(C#N)c2-c2ccc(C#N)c(F)c2)cc1O. The summed E-state index contributed by atoms with van der Waals surface area (Å²) in [4.78, 5) is 18.0. The number of phenols is 1. The molecule has 4 aromatic rings. The number of amides is 1. The Hall–Kier alpha value is -5.89. The van der Waals surface area contributed by atoms with Gasteiger partial charge in [0.2, 0.25) is 0 Å². The first-order chi connectivity index (χ1) is 23.3. The molecule has 1 amide bonds. The monoisotopic (exact) mass is 652 g/mol. The van der Waals surface area contributed by atoms with Crippen molar-refractivity contribution in [2.45, 2.75) is 25.4 Å². The Kier molecular flexibility index (Phi) is 10.6. The molecule has 1 aliphatic rings. The number of nitrogens with one attached hydrogen (secondary N) is 2. The smallest absolute Gasteiger partial charge is 0.281 e. The maximum absolute atomic E-state index is 14.9. The number of methoxy groups -OCH3 is 2. The number of benzene rings is 3. The molecule has 0 aliphatic carbocycles. The van der Waals surface area contributed by atoms with Gasteiger partial charge in [0.15, 0.2) is 29.6 Å². The number of carbonyl (C=O) groups is 1. The van der Waals surface area contributed by atoms with Crippen LogP contribution in [-0.4, -0.2) is 61.2 Å². The molecule has 13 heteroatoms. The summed E-state index contributed by atoms with van der Waals surface area (Å²) in [5, 5.41) is 42.5. The normalized spacial score (nSPS) is 12.9. The predicted molar refractivity (Wildman–Crippen MR) is 173 cm³/mol. The first-order valence-electron chi connectivity index (χ1n) is 15.0. The molecule has 3 aromatic carbocycles. The maximum atomic E-state index is 14.9. The average Bonchev–Trinajstić information content (AvgIpc) is 3.12. The van der Waals surface area contributed by atoms with E-state index in [9.17, 15) is 24.8 Å². The van der Waals surface area contributed by atoms with Crippen molar-refractivity contribution >= 4 is 11.7 Å². The van der Waals surface area contributed by atoms with Crippen molar-refractivity contribution in [3.63, 3.8) is 0 Å². The van der Waals surface area contributed by atoms with Crippen LogP contribution in [0.25, 0.3) is 22.3 Å². The van der Waals surface area contributed by atoms with E-state index in [-0.39, 0.29) is 35.3 Å². The van der Waals surface area contributed by atoms with E-state index >= 15 is 0 Å².